The van der Waals surface area contributed by atoms with Crippen molar-refractivity contribution in [3.05, 3.63) is 94.3 Å². The molecule has 4 aromatic rings. The fraction of sp³-hybridized carbons (Fsp3) is 0.241. The third kappa shape index (κ3) is 3.98. The number of methoxy groups -OCH3 is 1. The summed E-state index contributed by atoms with van der Waals surface area (Å²) in [5, 5.41) is 0.976. The zero-order valence-corrected chi connectivity index (χ0v) is 19.8. The van der Waals surface area contributed by atoms with Gasteiger partial charge in [-0.15, -0.1) is 0 Å². The highest BCUT2D eigenvalue weighted by Gasteiger charge is 2.22. The highest BCUT2D eigenvalue weighted by Crippen LogP contribution is 2.41. The molecule has 5 nitrogen and oxygen atoms in total. The Balaban J connectivity index is 1.74. The molecule has 0 radical (unpaired) electrons. The Kier molecular flexibility index (Phi) is 5.93. The van der Waals surface area contributed by atoms with Gasteiger partial charge in [-0.05, 0) is 84.7 Å². The summed E-state index contributed by atoms with van der Waals surface area (Å²) in [5.74, 6) is 0.300. The van der Waals surface area contributed by atoms with Gasteiger partial charge in [0.2, 0.25) is 5.88 Å². The van der Waals surface area contributed by atoms with Crippen molar-refractivity contribution in [1.82, 2.24) is 9.97 Å². The second-order valence-corrected chi connectivity index (χ2v) is 8.61. The largest absolute Gasteiger partial charge is 0.481 e. The van der Waals surface area contributed by atoms with Crippen LogP contribution in [0.4, 0.5) is 0 Å². The van der Waals surface area contributed by atoms with Gasteiger partial charge in [0.1, 0.15) is 5.69 Å². The van der Waals surface area contributed by atoms with Gasteiger partial charge in [0.15, 0.2) is 0 Å². The van der Waals surface area contributed by atoms with Crippen LogP contribution in [0.25, 0.3) is 22.0 Å². The van der Waals surface area contributed by atoms with Crippen molar-refractivity contribution in [3.63, 3.8) is 0 Å². The summed E-state index contributed by atoms with van der Waals surface area (Å²) >= 11 is 0. The van der Waals surface area contributed by atoms with Crippen LogP contribution in [0.2, 0.25) is 0 Å². The number of carbonyl (C=O) groups excluding carboxylic acids is 1. The first-order valence-corrected chi connectivity index (χ1v) is 11.7. The molecule has 0 spiro atoms. The lowest BCUT2D eigenvalue weighted by Gasteiger charge is -2.18. The summed E-state index contributed by atoms with van der Waals surface area (Å²) in [7, 11) is 1.65. The first-order valence-electron chi connectivity index (χ1n) is 11.7. The highest BCUT2D eigenvalue weighted by atomic mass is 16.5. The summed E-state index contributed by atoms with van der Waals surface area (Å²) in [4.78, 5) is 20.0. The zero-order valence-electron chi connectivity index (χ0n) is 19.8. The van der Waals surface area contributed by atoms with E-state index in [0.717, 1.165) is 41.3 Å². The minimum atomic E-state index is -0.337. The van der Waals surface area contributed by atoms with E-state index in [1.165, 1.54) is 27.8 Å². The Morgan fingerprint density at radius 3 is 2.71 bits per heavy atom. The van der Waals surface area contributed by atoms with E-state index in [1.807, 2.05) is 25.3 Å². The summed E-state index contributed by atoms with van der Waals surface area (Å²) < 4.78 is 10.6. The van der Waals surface area contributed by atoms with Gasteiger partial charge in [-0.2, -0.15) is 0 Å². The summed E-state index contributed by atoms with van der Waals surface area (Å²) in [6.45, 7) is 4.32. The summed E-state index contributed by atoms with van der Waals surface area (Å²) in [5.41, 5.74) is 9.90. The van der Waals surface area contributed by atoms with E-state index in [0.29, 0.717) is 18.2 Å². The fourth-order valence-electron chi connectivity index (χ4n) is 4.88. The number of nitrogens with zero attached hydrogens (tertiary/aromatic N) is 1. The number of rotatable bonds is 5. The maximum Gasteiger partial charge on any atom is 0.354 e. The number of aromatic amines is 1. The number of aryl methyl sites for hydroxylation is 2. The van der Waals surface area contributed by atoms with Crippen molar-refractivity contribution >= 4 is 28.0 Å². The SMILES string of the molecule is CCOC(=O)c1cc2cc(C3=C(c4ccccc4C)CCCc4cc(OC)ncc43)ccc2[nH]1. The Bertz CT molecular complexity index is 1410. The second-order valence-electron chi connectivity index (χ2n) is 8.61. The molecule has 1 aliphatic rings. The van der Waals surface area contributed by atoms with Gasteiger partial charge >= 0.3 is 5.97 Å². The maximum absolute atomic E-state index is 12.3. The van der Waals surface area contributed by atoms with Crippen LogP contribution in [0.3, 0.4) is 0 Å². The van der Waals surface area contributed by atoms with Gasteiger partial charge in [-0.3, -0.25) is 0 Å². The number of esters is 1. The van der Waals surface area contributed by atoms with Crippen LogP contribution < -0.4 is 4.74 Å². The summed E-state index contributed by atoms with van der Waals surface area (Å²) in [6.07, 6.45) is 4.92. The zero-order chi connectivity index (χ0) is 23.7. The van der Waals surface area contributed by atoms with Crippen molar-refractivity contribution in [2.75, 3.05) is 13.7 Å². The van der Waals surface area contributed by atoms with E-state index in [9.17, 15) is 4.79 Å². The molecule has 0 amide bonds. The van der Waals surface area contributed by atoms with Crippen LogP contribution in [0.15, 0.2) is 60.8 Å². The molecule has 172 valence electrons. The molecule has 0 unspecified atom stereocenters. The number of H-pyrrole nitrogens is 1. The van der Waals surface area contributed by atoms with Crippen molar-refractivity contribution in [1.29, 1.82) is 0 Å². The molecular weight excluding hydrogens is 424 g/mol. The average Bonchev–Trinajstić information content (AvgIpc) is 3.19. The first-order chi connectivity index (χ1) is 16.6. The smallest absolute Gasteiger partial charge is 0.354 e. The van der Waals surface area contributed by atoms with Crippen molar-refractivity contribution < 1.29 is 14.3 Å². The number of benzene rings is 2. The minimum absolute atomic E-state index is 0.337. The first kappa shape index (κ1) is 22.0. The Morgan fingerprint density at radius 2 is 1.91 bits per heavy atom. The predicted molar refractivity (Wildman–Crippen MR) is 135 cm³/mol. The number of hydrogen-bond acceptors (Lipinski definition) is 4. The molecule has 0 saturated heterocycles. The molecule has 2 aromatic heterocycles. The van der Waals surface area contributed by atoms with E-state index in [4.69, 9.17) is 9.47 Å². The standard InChI is InChI=1S/C29H28N2O3/c1-4-34-29(32)26-15-21-14-20(12-13-25(21)31-26)28-23(22-10-6-5-8-18(22)2)11-7-9-19-16-27(33-3)30-17-24(19)28/h5-6,8,10,12-17,31H,4,7,9,11H2,1-3H3. The lowest BCUT2D eigenvalue weighted by molar-refractivity contribution is 0.0520. The molecule has 5 heteroatoms. The topological polar surface area (TPSA) is 64.2 Å². The Labute approximate surface area is 199 Å². The van der Waals surface area contributed by atoms with Crippen LogP contribution in [-0.2, 0) is 11.2 Å². The molecule has 0 fully saturated rings. The molecule has 2 aromatic carbocycles. The lowest BCUT2D eigenvalue weighted by Crippen LogP contribution is -2.04. The molecule has 0 bridgehead atoms. The maximum atomic E-state index is 12.3. The van der Waals surface area contributed by atoms with Crippen molar-refractivity contribution in [2.24, 2.45) is 0 Å². The predicted octanol–water partition coefficient (Wildman–Crippen LogP) is 6.35. The van der Waals surface area contributed by atoms with Gasteiger partial charge in [-0.25, -0.2) is 9.78 Å². The second kappa shape index (κ2) is 9.18. The minimum Gasteiger partial charge on any atom is -0.481 e. The van der Waals surface area contributed by atoms with Crippen LogP contribution in [0, 0.1) is 6.92 Å². The van der Waals surface area contributed by atoms with Crippen molar-refractivity contribution in [2.45, 2.75) is 33.1 Å². The molecule has 5 rings (SSSR count). The van der Waals surface area contributed by atoms with Gasteiger partial charge in [0, 0.05) is 28.7 Å². The number of allylic oxidation sites excluding steroid dienone is 1. The van der Waals surface area contributed by atoms with Gasteiger partial charge in [-0.1, -0.05) is 30.3 Å². The third-order valence-electron chi connectivity index (χ3n) is 6.49. The van der Waals surface area contributed by atoms with Crippen LogP contribution >= 0.6 is 0 Å². The average molecular weight is 453 g/mol. The quantitative estimate of drug-likeness (QED) is 0.358. The third-order valence-corrected chi connectivity index (χ3v) is 6.49. The number of carbonyl (C=O) groups is 1. The van der Waals surface area contributed by atoms with E-state index < -0.39 is 0 Å². The lowest BCUT2D eigenvalue weighted by atomic mass is 9.87. The Hall–Kier alpha value is -3.86. The fourth-order valence-corrected chi connectivity index (χ4v) is 4.88. The molecule has 1 aliphatic carbocycles. The summed E-state index contributed by atoms with van der Waals surface area (Å²) in [6, 6.07) is 18.8. The number of fused-ring (bicyclic) bond motifs is 2. The van der Waals surface area contributed by atoms with E-state index in [-0.39, 0.29) is 5.97 Å². The molecule has 0 atom stereocenters. The van der Waals surface area contributed by atoms with Crippen LogP contribution in [0.5, 0.6) is 5.88 Å². The number of pyridine rings is 1. The molecular formula is C29H28N2O3. The molecule has 0 aliphatic heterocycles. The van der Waals surface area contributed by atoms with Crippen LogP contribution in [0.1, 0.15) is 58.1 Å². The van der Waals surface area contributed by atoms with E-state index in [2.05, 4.69) is 59.4 Å². The molecule has 0 saturated carbocycles. The molecule has 2 heterocycles. The van der Waals surface area contributed by atoms with E-state index >= 15 is 0 Å². The molecule has 34 heavy (non-hydrogen) atoms. The number of nitrogens with one attached hydrogen (secondary N) is 1. The van der Waals surface area contributed by atoms with Gasteiger partial charge < -0.3 is 14.5 Å². The van der Waals surface area contributed by atoms with Gasteiger partial charge in [0.05, 0.1) is 13.7 Å². The normalized spacial score (nSPS) is 13.5. The number of aromatic nitrogens is 2. The van der Waals surface area contributed by atoms with Crippen molar-refractivity contribution in [3.8, 4) is 5.88 Å². The monoisotopic (exact) mass is 452 g/mol. The molecule has 1 N–H and O–H groups in total. The Morgan fingerprint density at radius 1 is 1.06 bits per heavy atom. The van der Waals surface area contributed by atoms with Gasteiger partial charge in [0.25, 0.3) is 0 Å². The number of hydrogen-bond donors (Lipinski definition) is 1. The van der Waals surface area contributed by atoms with Crippen LogP contribution in [-0.4, -0.2) is 29.7 Å². The highest BCUT2D eigenvalue weighted by molar-refractivity contribution is 6.03. The number of ether oxygens (including phenoxy) is 2. The van der Waals surface area contributed by atoms with E-state index in [1.54, 1.807) is 7.11 Å².